The SMILES string of the molecule is CC(C)OC(=O)N1CCC([C@H](C)CCOc2cnc(N3C[C@@H](N)[C@H](c4ccc(F)cc4F)C3)nc2)CC1.Cc1ccc(S(=O)(=O)O)cc1. The topological polar surface area (TPSA) is 148 Å². The zero-order valence-electron chi connectivity index (χ0n) is 27.8. The van der Waals surface area contributed by atoms with Crippen LogP contribution in [0.25, 0.3) is 0 Å². The van der Waals surface area contributed by atoms with E-state index in [1.807, 2.05) is 25.7 Å². The van der Waals surface area contributed by atoms with E-state index in [4.69, 9.17) is 19.8 Å². The molecule has 1 aromatic heterocycles. The van der Waals surface area contributed by atoms with Crippen LogP contribution in [0.15, 0.2) is 59.8 Å². The van der Waals surface area contributed by atoms with E-state index in [2.05, 4.69) is 16.9 Å². The zero-order valence-corrected chi connectivity index (χ0v) is 28.6. The Kier molecular flexibility index (Phi) is 12.7. The highest BCUT2D eigenvalue weighted by Gasteiger charge is 2.34. The fraction of sp³-hybridized carbons (Fsp3) is 0.500. The number of ether oxygens (including phenoxy) is 2. The van der Waals surface area contributed by atoms with Crippen LogP contribution < -0.4 is 15.4 Å². The number of piperidine rings is 1. The summed E-state index contributed by atoms with van der Waals surface area (Å²) in [7, 11) is -4.02. The van der Waals surface area contributed by atoms with Crippen molar-refractivity contribution in [3.05, 3.63) is 77.6 Å². The lowest BCUT2D eigenvalue weighted by atomic mass is 9.84. The van der Waals surface area contributed by atoms with Gasteiger partial charge in [-0.25, -0.2) is 23.5 Å². The maximum Gasteiger partial charge on any atom is 0.410 e. The number of likely N-dealkylation sites (tertiary alicyclic amines) is 1. The molecule has 2 aliphatic heterocycles. The molecule has 262 valence electrons. The number of aromatic nitrogens is 2. The normalized spacial score (nSPS) is 19.1. The summed E-state index contributed by atoms with van der Waals surface area (Å²) in [6.07, 6.45) is 5.79. The zero-order chi connectivity index (χ0) is 35.0. The Morgan fingerprint density at radius 2 is 1.69 bits per heavy atom. The molecule has 1 amide bonds. The van der Waals surface area contributed by atoms with Crippen molar-refractivity contribution in [2.45, 2.75) is 69.9 Å². The van der Waals surface area contributed by atoms with Gasteiger partial charge in [0.2, 0.25) is 5.95 Å². The number of nitrogens with zero attached hydrogens (tertiary/aromatic N) is 4. The lowest BCUT2D eigenvalue weighted by Gasteiger charge is -2.34. The van der Waals surface area contributed by atoms with Crippen molar-refractivity contribution in [1.82, 2.24) is 14.9 Å². The molecule has 14 heteroatoms. The summed E-state index contributed by atoms with van der Waals surface area (Å²) in [5.74, 6) is 0.652. The summed E-state index contributed by atoms with van der Waals surface area (Å²) in [6, 6.07) is 9.28. The average Bonchev–Trinajstić information content (AvgIpc) is 3.42. The van der Waals surface area contributed by atoms with E-state index < -0.39 is 21.8 Å². The van der Waals surface area contributed by atoms with Gasteiger partial charge in [0, 0.05) is 44.2 Å². The number of aryl methyl sites for hydroxylation is 1. The van der Waals surface area contributed by atoms with Crippen LogP contribution in [0.1, 0.15) is 57.1 Å². The number of carbonyl (C=O) groups is 1. The van der Waals surface area contributed by atoms with Gasteiger partial charge in [0.1, 0.15) is 11.6 Å². The first-order chi connectivity index (χ1) is 22.7. The summed E-state index contributed by atoms with van der Waals surface area (Å²) < 4.78 is 68.3. The second kappa shape index (κ2) is 16.5. The molecule has 0 spiro atoms. The number of hydrogen-bond acceptors (Lipinski definition) is 9. The number of carbonyl (C=O) groups excluding carboxylic acids is 1. The molecule has 0 bridgehead atoms. The minimum absolute atomic E-state index is 0.0666. The van der Waals surface area contributed by atoms with Crippen LogP contribution in [0.3, 0.4) is 0 Å². The highest BCUT2D eigenvalue weighted by atomic mass is 32.2. The van der Waals surface area contributed by atoms with Gasteiger partial charge in [0.05, 0.1) is 30.0 Å². The molecule has 0 aliphatic carbocycles. The summed E-state index contributed by atoms with van der Waals surface area (Å²) in [4.78, 5) is 24.6. The van der Waals surface area contributed by atoms with Crippen molar-refractivity contribution in [3.63, 3.8) is 0 Å². The molecule has 3 N–H and O–H groups in total. The summed E-state index contributed by atoms with van der Waals surface area (Å²) in [5.41, 5.74) is 7.63. The molecule has 0 unspecified atom stereocenters. The Morgan fingerprint density at radius 3 is 2.27 bits per heavy atom. The minimum atomic E-state index is -4.02. The Hall–Kier alpha value is -3.88. The third-order valence-corrected chi connectivity index (χ3v) is 9.59. The Labute approximate surface area is 281 Å². The summed E-state index contributed by atoms with van der Waals surface area (Å²) in [6.45, 7) is 10.7. The van der Waals surface area contributed by atoms with Gasteiger partial charge in [-0.05, 0) is 75.6 Å². The molecule has 3 atom stereocenters. The lowest BCUT2D eigenvalue weighted by molar-refractivity contribution is 0.0596. The molecule has 0 saturated carbocycles. The summed E-state index contributed by atoms with van der Waals surface area (Å²) in [5, 5.41) is 0. The van der Waals surface area contributed by atoms with Crippen molar-refractivity contribution in [1.29, 1.82) is 0 Å². The number of anilines is 1. The van der Waals surface area contributed by atoms with E-state index in [1.54, 1.807) is 29.4 Å². The van der Waals surface area contributed by atoms with Crippen molar-refractivity contribution >= 4 is 22.2 Å². The van der Waals surface area contributed by atoms with Gasteiger partial charge in [-0.1, -0.05) is 30.7 Å². The van der Waals surface area contributed by atoms with Gasteiger partial charge in [0.15, 0.2) is 5.75 Å². The Morgan fingerprint density at radius 1 is 1.04 bits per heavy atom. The van der Waals surface area contributed by atoms with Gasteiger partial charge in [-0.2, -0.15) is 8.42 Å². The molecule has 5 rings (SSSR count). The Balaban J connectivity index is 0.000000401. The third-order valence-electron chi connectivity index (χ3n) is 8.72. The molecular weight excluding hydrogens is 644 g/mol. The number of nitrogens with two attached hydrogens (primary N) is 1. The first-order valence-corrected chi connectivity index (χ1v) is 17.5. The molecule has 2 aromatic carbocycles. The fourth-order valence-corrected chi connectivity index (χ4v) is 6.39. The van der Waals surface area contributed by atoms with Crippen LogP contribution >= 0.6 is 0 Å². The molecule has 2 saturated heterocycles. The second-order valence-corrected chi connectivity index (χ2v) is 14.1. The molecule has 3 heterocycles. The lowest BCUT2D eigenvalue weighted by Crippen LogP contribution is -2.41. The highest BCUT2D eigenvalue weighted by Crippen LogP contribution is 2.31. The molecular formula is C34H45F2N5O6S. The van der Waals surface area contributed by atoms with Crippen LogP contribution in [0.2, 0.25) is 0 Å². The molecule has 2 aliphatic rings. The average molecular weight is 690 g/mol. The van der Waals surface area contributed by atoms with E-state index in [1.165, 1.54) is 24.3 Å². The van der Waals surface area contributed by atoms with E-state index in [9.17, 15) is 22.0 Å². The van der Waals surface area contributed by atoms with Gasteiger partial charge >= 0.3 is 6.09 Å². The number of rotatable bonds is 9. The fourth-order valence-electron chi connectivity index (χ4n) is 5.91. The van der Waals surface area contributed by atoms with E-state index in [0.29, 0.717) is 48.8 Å². The monoisotopic (exact) mass is 689 g/mol. The maximum atomic E-state index is 14.3. The first-order valence-electron chi connectivity index (χ1n) is 16.1. The smallest absolute Gasteiger partial charge is 0.410 e. The maximum absolute atomic E-state index is 14.3. The second-order valence-electron chi connectivity index (χ2n) is 12.7. The van der Waals surface area contributed by atoms with Gasteiger partial charge in [-0.15, -0.1) is 0 Å². The van der Waals surface area contributed by atoms with Gasteiger partial charge < -0.3 is 25.0 Å². The van der Waals surface area contributed by atoms with Gasteiger partial charge in [0.25, 0.3) is 10.1 Å². The predicted molar refractivity (Wildman–Crippen MR) is 178 cm³/mol. The first kappa shape index (κ1) is 36.9. The third kappa shape index (κ3) is 10.3. The Bertz CT molecular complexity index is 1600. The summed E-state index contributed by atoms with van der Waals surface area (Å²) >= 11 is 0. The number of hydrogen-bond donors (Lipinski definition) is 2. The van der Waals surface area contributed by atoms with Gasteiger partial charge in [-0.3, -0.25) is 4.55 Å². The van der Waals surface area contributed by atoms with E-state index >= 15 is 0 Å². The van der Waals surface area contributed by atoms with Crippen LogP contribution in [0.5, 0.6) is 5.75 Å². The standard InChI is InChI=1S/C27H37F2N5O3.C7H8O3S/c1-17(2)37-27(35)33-9-6-19(7-10-33)18(3)8-11-36-21-13-31-26(32-14-21)34-15-23(25(30)16-34)22-5-4-20(28)12-24(22)29;1-6-2-4-7(5-3-6)11(8,9)10/h4-5,12-14,17-19,23,25H,6-11,15-16,30H2,1-3H3;2-5H,1H3,(H,8,9,10)/t18-,23+,25-;/m1./s1. The van der Waals surface area contributed by atoms with Crippen molar-refractivity contribution < 1.29 is 36.0 Å². The van der Waals surface area contributed by atoms with Crippen molar-refractivity contribution in [2.75, 3.05) is 37.7 Å². The van der Waals surface area contributed by atoms with Crippen LogP contribution in [-0.4, -0.2) is 78.9 Å². The molecule has 2 fully saturated rings. The predicted octanol–water partition coefficient (Wildman–Crippen LogP) is 5.59. The largest absolute Gasteiger partial charge is 0.490 e. The number of halogens is 2. The van der Waals surface area contributed by atoms with Crippen LogP contribution in [-0.2, 0) is 14.9 Å². The van der Waals surface area contributed by atoms with Crippen molar-refractivity contribution in [2.24, 2.45) is 17.6 Å². The minimum Gasteiger partial charge on any atom is -0.490 e. The molecule has 0 radical (unpaired) electrons. The van der Waals surface area contributed by atoms with Crippen LogP contribution in [0, 0.1) is 30.4 Å². The number of amides is 1. The van der Waals surface area contributed by atoms with Crippen molar-refractivity contribution in [3.8, 4) is 5.75 Å². The number of benzene rings is 2. The quantitative estimate of drug-likeness (QED) is 0.273. The van der Waals surface area contributed by atoms with Crippen LogP contribution in [0.4, 0.5) is 19.5 Å². The van der Waals surface area contributed by atoms with E-state index in [-0.39, 0.29) is 29.1 Å². The highest BCUT2D eigenvalue weighted by molar-refractivity contribution is 7.85. The molecule has 3 aromatic rings. The van der Waals surface area contributed by atoms with E-state index in [0.717, 1.165) is 44.0 Å². The molecule has 11 nitrogen and oxygen atoms in total. The molecule has 48 heavy (non-hydrogen) atoms.